The molecule has 3 aromatic heterocycles. The fraction of sp³-hybridized carbons (Fsp3) is 0.417. The highest BCUT2D eigenvalue weighted by Crippen LogP contribution is 2.38. The second-order valence-electron chi connectivity index (χ2n) is 8.55. The molecule has 8 heteroatoms. The lowest BCUT2D eigenvalue weighted by Gasteiger charge is -2.18. The average molecular weight is 465 g/mol. The predicted molar refractivity (Wildman–Crippen MR) is 127 cm³/mol. The van der Waals surface area contributed by atoms with Gasteiger partial charge in [0.1, 0.15) is 4.83 Å². The maximum atomic E-state index is 13.7. The van der Waals surface area contributed by atoms with Crippen LogP contribution in [0.3, 0.4) is 0 Å². The lowest BCUT2D eigenvalue weighted by molar-refractivity contribution is 0.457. The Hall–Kier alpha value is -2.45. The molecule has 0 unspecified atom stereocenters. The van der Waals surface area contributed by atoms with Crippen LogP contribution >= 0.6 is 23.1 Å². The SMILES string of the molecule is O=c1c2c3c(sc2nc(SCc2nnc(-c4ccccc4)o2)n1C1CCCC1)CCCC3. The van der Waals surface area contributed by atoms with E-state index >= 15 is 0 Å². The molecular formula is C24H24N4O2S2. The van der Waals surface area contributed by atoms with Gasteiger partial charge in [0.25, 0.3) is 5.56 Å². The van der Waals surface area contributed by atoms with Crippen LogP contribution in [0.25, 0.3) is 21.7 Å². The third-order valence-corrected chi connectivity index (χ3v) is 8.61. The van der Waals surface area contributed by atoms with Gasteiger partial charge in [-0.25, -0.2) is 4.98 Å². The first-order chi connectivity index (χ1) is 15.8. The van der Waals surface area contributed by atoms with Crippen LogP contribution in [0.2, 0.25) is 0 Å². The van der Waals surface area contributed by atoms with E-state index in [-0.39, 0.29) is 11.6 Å². The van der Waals surface area contributed by atoms with Crippen LogP contribution in [0.1, 0.15) is 60.9 Å². The number of thioether (sulfide) groups is 1. The Morgan fingerprint density at radius 2 is 1.88 bits per heavy atom. The van der Waals surface area contributed by atoms with E-state index < -0.39 is 0 Å². The predicted octanol–water partition coefficient (Wildman–Crippen LogP) is 5.79. The molecule has 164 valence electrons. The number of fused-ring (bicyclic) bond motifs is 3. The lowest BCUT2D eigenvalue weighted by Crippen LogP contribution is -2.26. The van der Waals surface area contributed by atoms with E-state index in [1.54, 1.807) is 11.3 Å². The summed E-state index contributed by atoms with van der Waals surface area (Å²) >= 11 is 3.25. The first-order valence-corrected chi connectivity index (χ1v) is 13.2. The largest absolute Gasteiger partial charge is 0.420 e. The van der Waals surface area contributed by atoms with E-state index in [1.807, 2.05) is 34.9 Å². The van der Waals surface area contributed by atoms with Gasteiger partial charge in [0.15, 0.2) is 5.16 Å². The highest BCUT2D eigenvalue weighted by molar-refractivity contribution is 7.98. The summed E-state index contributed by atoms with van der Waals surface area (Å²) in [5, 5.41) is 10.1. The highest BCUT2D eigenvalue weighted by Gasteiger charge is 2.27. The zero-order chi connectivity index (χ0) is 21.5. The molecule has 1 fully saturated rings. The van der Waals surface area contributed by atoms with Gasteiger partial charge >= 0.3 is 0 Å². The summed E-state index contributed by atoms with van der Waals surface area (Å²) in [5.74, 6) is 1.56. The summed E-state index contributed by atoms with van der Waals surface area (Å²) in [6, 6.07) is 10.0. The van der Waals surface area contributed by atoms with E-state index in [0.717, 1.165) is 46.6 Å². The maximum absolute atomic E-state index is 13.7. The van der Waals surface area contributed by atoms with E-state index in [1.165, 1.54) is 47.9 Å². The van der Waals surface area contributed by atoms with E-state index in [0.29, 0.717) is 17.5 Å². The van der Waals surface area contributed by atoms with E-state index in [2.05, 4.69) is 10.2 Å². The van der Waals surface area contributed by atoms with Crippen LogP contribution in [0, 0.1) is 0 Å². The lowest BCUT2D eigenvalue weighted by atomic mass is 9.97. The molecule has 0 amide bonds. The molecule has 0 saturated heterocycles. The van der Waals surface area contributed by atoms with Crippen molar-refractivity contribution in [1.29, 1.82) is 0 Å². The minimum absolute atomic E-state index is 0.152. The molecule has 1 aromatic carbocycles. The number of aromatic nitrogens is 4. The Morgan fingerprint density at radius 3 is 2.72 bits per heavy atom. The van der Waals surface area contributed by atoms with Gasteiger partial charge in [-0.2, -0.15) is 0 Å². The minimum atomic E-state index is 0.152. The summed E-state index contributed by atoms with van der Waals surface area (Å²) in [7, 11) is 0. The molecule has 0 aliphatic heterocycles. The number of rotatable bonds is 5. The van der Waals surface area contributed by atoms with Gasteiger partial charge in [-0.1, -0.05) is 42.8 Å². The summed E-state index contributed by atoms with van der Waals surface area (Å²) in [5.41, 5.74) is 2.32. The highest BCUT2D eigenvalue weighted by atomic mass is 32.2. The minimum Gasteiger partial charge on any atom is -0.420 e. The Bertz CT molecular complexity index is 1320. The van der Waals surface area contributed by atoms with Crippen LogP contribution in [0.15, 0.2) is 44.7 Å². The molecule has 6 nitrogen and oxygen atoms in total. The number of benzene rings is 1. The Balaban J connectivity index is 1.36. The van der Waals surface area contributed by atoms with Crippen LogP contribution < -0.4 is 5.56 Å². The zero-order valence-electron chi connectivity index (χ0n) is 17.7. The van der Waals surface area contributed by atoms with Gasteiger partial charge in [-0.3, -0.25) is 9.36 Å². The van der Waals surface area contributed by atoms with Crippen molar-refractivity contribution in [2.45, 2.75) is 68.3 Å². The van der Waals surface area contributed by atoms with Crippen molar-refractivity contribution in [2.75, 3.05) is 0 Å². The normalized spacial score (nSPS) is 16.6. The van der Waals surface area contributed by atoms with Gasteiger partial charge in [0, 0.05) is 16.5 Å². The van der Waals surface area contributed by atoms with Crippen molar-refractivity contribution in [3.8, 4) is 11.5 Å². The Kier molecular flexibility index (Phi) is 5.35. The van der Waals surface area contributed by atoms with Crippen LogP contribution in [0.5, 0.6) is 0 Å². The molecule has 1 saturated carbocycles. The molecule has 3 heterocycles. The van der Waals surface area contributed by atoms with Gasteiger partial charge in [-0.15, -0.1) is 21.5 Å². The quantitative estimate of drug-likeness (QED) is 0.275. The van der Waals surface area contributed by atoms with Gasteiger partial charge < -0.3 is 4.42 Å². The molecule has 0 bridgehead atoms. The third kappa shape index (κ3) is 3.59. The van der Waals surface area contributed by atoms with Gasteiger partial charge in [-0.05, 0) is 56.2 Å². The fourth-order valence-electron chi connectivity index (χ4n) is 4.92. The number of nitrogens with zero attached hydrogens (tertiary/aromatic N) is 4. The van der Waals surface area contributed by atoms with Crippen molar-refractivity contribution >= 4 is 33.3 Å². The van der Waals surface area contributed by atoms with Crippen molar-refractivity contribution in [3.05, 3.63) is 57.0 Å². The first-order valence-electron chi connectivity index (χ1n) is 11.4. The molecule has 32 heavy (non-hydrogen) atoms. The summed E-state index contributed by atoms with van der Waals surface area (Å²) in [6.07, 6.45) is 8.89. The maximum Gasteiger partial charge on any atom is 0.263 e. The van der Waals surface area contributed by atoms with E-state index in [9.17, 15) is 4.79 Å². The van der Waals surface area contributed by atoms with E-state index in [4.69, 9.17) is 9.40 Å². The number of hydrogen-bond acceptors (Lipinski definition) is 7. The van der Waals surface area contributed by atoms with Crippen molar-refractivity contribution < 1.29 is 4.42 Å². The van der Waals surface area contributed by atoms with Gasteiger partial charge in [0.05, 0.1) is 11.1 Å². The number of aryl methyl sites for hydroxylation is 2. The van der Waals surface area contributed by atoms with Crippen molar-refractivity contribution in [1.82, 2.24) is 19.7 Å². The summed E-state index contributed by atoms with van der Waals surface area (Å²) in [6.45, 7) is 0. The van der Waals surface area contributed by atoms with Crippen LogP contribution in [-0.4, -0.2) is 19.7 Å². The molecule has 2 aliphatic rings. The molecule has 0 atom stereocenters. The second kappa shape index (κ2) is 8.48. The monoisotopic (exact) mass is 464 g/mol. The van der Waals surface area contributed by atoms with Crippen molar-refractivity contribution in [3.63, 3.8) is 0 Å². The molecule has 2 aliphatic carbocycles. The molecule has 0 N–H and O–H groups in total. The summed E-state index contributed by atoms with van der Waals surface area (Å²) in [4.78, 5) is 21.0. The zero-order valence-corrected chi connectivity index (χ0v) is 19.4. The molecule has 0 radical (unpaired) electrons. The molecular weight excluding hydrogens is 440 g/mol. The first kappa shape index (κ1) is 20.2. The topological polar surface area (TPSA) is 73.8 Å². The average Bonchev–Trinajstić information content (AvgIpc) is 3.57. The smallest absolute Gasteiger partial charge is 0.263 e. The molecule has 4 aromatic rings. The van der Waals surface area contributed by atoms with Crippen LogP contribution in [0.4, 0.5) is 0 Å². The molecule has 0 spiro atoms. The van der Waals surface area contributed by atoms with Gasteiger partial charge in [0.2, 0.25) is 11.8 Å². The van der Waals surface area contributed by atoms with Crippen LogP contribution in [-0.2, 0) is 18.6 Å². The molecule has 6 rings (SSSR count). The van der Waals surface area contributed by atoms with Crippen molar-refractivity contribution in [2.24, 2.45) is 0 Å². The Labute approximate surface area is 194 Å². The second-order valence-corrected chi connectivity index (χ2v) is 10.6. The third-order valence-electron chi connectivity index (χ3n) is 6.49. The standard InChI is InChI=1S/C24H24N4O2S2/c29-23-20-17-12-6-7-13-18(17)32-22(20)25-24(28(23)16-10-4-5-11-16)31-14-19-26-27-21(30-19)15-8-2-1-3-9-15/h1-3,8-9,16H,4-7,10-14H2. The fourth-order valence-corrected chi connectivity index (χ4v) is 7.13. The Morgan fingerprint density at radius 1 is 1.06 bits per heavy atom. The number of hydrogen-bond donors (Lipinski definition) is 0. The summed E-state index contributed by atoms with van der Waals surface area (Å²) < 4.78 is 7.87. The number of thiophene rings is 1.